The lowest BCUT2D eigenvalue weighted by molar-refractivity contribution is -0.116. The molecule has 178 valence electrons. The Bertz CT molecular complexity index is 674. The molecule has 5 rings (SSSR count). The summed E-state index contributed by atoms with van der Waals surface area (Å²) in [6, 6.07) is 0. The molecule has 11 atom stereocenters. The van der Waals surface area contributed by atoms with Crippen molar-refractivity contribution in [3.05, 3.63) is 0 Å². The Morgan fingerprint density at radius 3 is 2.45 bits per heavy atom. The van der Waals surface area contributed by atoms with E-state index in [0.717, 1.165) is 54.3 Å². The van der Waals surface area contributed by atoms with Gasteiger partial charge in [-0.15, -0.1) is 0 Å². The van der Waals surface area contributed by atoms with E-state index in [1.165, 1.54) is 57.8 Å². The molecule has 0 amide bonds. The summed E-state index contributed by atoms with van der Waals surface area (Å²) in [7, 11) is 0. The lowest BCUT2D eigenvalue weighted by Gasteiger charge is -2.59. The van der Waals surface area contributed by atoms with Crippen LogP contribution in [-0.2, 0) is 4.74 Å². The van der Waals surface area contributed by atoms with Crippen LogP contribution in [0.15, 0.2) is 0 Å². The van der Waals surface area contributed by atoms with E-state index in [2.05, 4.69) is 41.5 Å². The van der Waals surface area contributed by atoms with Gasteiger partial charge in [-0.3, -0.25) is 0 Å². The molecule has 4 aliphatic carbocycles. The summed E-state index contributed by atoms with van der Waals surface area (Å²) < 4.78 is 6.53. The van der Waals surface area contributed by atoms with E-state index in [1.807, 2.05) is 0 Å². The Hall–Kier alpha value is -0.0800. The second-order valence-corrected chi connectivity index (χ2v) is 13.6. The number of fused-ring (bicyclic) bond motifs is 4. The molecule has 31 heavy (non-hydrogen) atoms. The van der Waals surface area contributed by atoms with Crippen LogP contribution in [0.25, 0.3) is 0 Å². The van der Waals surface area contributed by atoms with E-state index in [0.29, 0.717) is 16.9 Å². The Labute approximate surface area is 192 Å². The maximum atomic E-state index is 10.4. The zero-order valence-corrected chi connectivity index (χ0v) is 21.3. The van der Waals surface area contributed by atoms with Gasteiger partial charge in [-0.05, 0) is 98.2 Å². The molecule has 2 nitrogen and oxygen atoms in total. The van der Waals surface area contributed by atoms with Crippen molar-refractivity contribution in [3.8, 4) is 0 Å². The van der Waals surface area contributed by atoms with Crippen LogP contribution in [0.5, 0.6) is 0 Å². The van der Waals surface area contributed by atoms with Gasteiger partial charge in [0.15, 0.2) is 0 Å². The topological polar surface area (TPSA) is 32.8 Å². The number of aliphatic hydroxyl groups excluding tert-OH is 1. The zero-order valence-electron chi connectivity index (χ0n) is 21.3. The number of epoxide rings is 1. The van der Waals surface area contributed by atoms with Crippen LogP contribution in [0.2, 0.25) is 0 Å². The first-order chi connectivity index (χ1) is 14.7. The third-order valence-corrected chi connectivity index (χ3v) is 12.3. The molecule has 5 aliphatic rings. The summed E-state index contributed by atoms with van der Waals surface area (Å²) in [5, 5.41) is 10.4. The largest absolute Gasteiger partial charge is 0.393 e. The maximum absolute atomic E-state index is 10.4. The average Bonchev–Trinajstić information content (AvgIpc) is 3.29. The molecule has 0 bridgehead atoms. The SMILES string of the molecule is CC[C@H](CC[C@@H](C)[C@H]1CC[C@H]2[C@@H]3C[C@@H]4O[C@@]45C[C@@H](O)CC[C@]5(C)[C@H]3CC[C@]12C)C(C)C. The molecule has 1 N–H and O–H groups in total. The lowest BCUT2D eigenvalue weighted by Crippen LogP contribution is -2.58. The van der Waals surface area contributed by atoms with Crippen molar-refractivity contribution in [2.24, 2.45) is 52.3 Å². The third kappa shape index (κ3) is 3.23. The Morgan fingerprint density at radius 1 is 0.968 bits per heavy atom. The summed E-state index contributed by atoms with van der Waals surface area (Å²) in [6.45, 7) is 15.1. The van der Waals surface area contributed by atoms with Gasteiger partial charge in [0.1, 0.15) is 5.60 Å². The van der Waals surface area contributed by atoms with Gasteiger partial charge in [-0.1, -0.05) is 54.4 Å². The summed E-state index contributed by atoms with van der Waals surface area (Å²) in [5.74, 6) is 6.15. The fourth-order valence-corrected chi connectivity index (χ4v) is 10.3. The molecule has 0 radical (unpaired) electrons. The van der Waals surface area contributed by atoms with Gasteiger partial charge in [0.05, 0.1) is 12.2 Å². The van der Waals surface area contributed by atoms with Crippen molar-refractivity contribution < 1.29 is 9.84 Å². The summed E-state index contributed by atoms with van der Waals surface area (Å²) >= 11 is 0. The van der Waals surface area contributed by atoms with Crippen LogP contribution in [0.4, 0.5) is 0 Å². The van der Waals surface area contributed by atoms with E-state index in [1.54, 1.807) is 0 Å². The van der Waals surface area contributed by atoms with Gasteiger partial charge in [0.25, 0.3) is 0 Å². The monoisotopic (exact) mass is 430 g/mol. The van der Waals surface area contributed by atoms with Crippen molar-refractivity contribution in [3.63, 3.8) is 0 Å². The summed E-state index contributed by atoms with van der Waals surface area (Å²) in [6.07, 6.45) is 14.7. The van der Waals surface area contributed by atoms with Crippen LogP contribution < -0.4 is 0 Å². The molecule has 0 aromatic carbocycles. The van der Waals surface area contributed by atoms with E-state index < -0.39 is 0 Å². The first kappa shape index (κ1) is 22.7. The van der Waals surface area contributed by atoms with E-state index in [9.17, 15) is 5.11 Å². The molecule has 1 aliphatic heterocycles. The standard InChI is InChI=1S/C29H50O2/c1-7-20(18(2)3)9-8-19(4)23-10-11-24-22-16-26-29(31-26)17-21(30)12-15-28(29,6)25(22)13-14-27(23,24)5/h18-26,30H,7-17H2,1-6H3/t19-,20-,21+,22+,23-,24+,25+,26+,27-,28-,29+/m1/s1. The first-order valence-electron chi connectivity index (χ1n) is 14.0. The van der Waals surface area contributed by atoms with Gasteiger partial charge >= 0.3 is 0 Å². The van der Waals surface area contributed by atoms with Crippen LogP contribution >= 0.6 is 0 Å². The van der Waals surface area contributed by atoms with Crippen molar-refractivity contribution >= 4 is 0 Å². The molecule has 0 aromatic heterocycles. The van der Waals surface area contributed by atoms with Crippen LogP contribution in [0.1, 0.15) is 112 Å². The summed E-state index contributed by atoms with van der Waals surface area (Å²) in [5.41, 5.74) is 0.910. The van der Waals surface area contributed by atoms with Gasteiger partial charge in [0, 0.05) is 11.8 Å². The zero-order chi connectivity index (χ0) is 22.2. The highest BCUT2D eigenvalue weighted by Crippen LogP contribution is 2.74. The molecule has 1 heterocycles. The Morgan fingerprint density at radius 2 is 1.74 bits per heavy atom. The van der Waals surface area contributed by atoms with E-state index in [-0.39, 0.29) is 11.7 Å². The van der Waals surface area contributed by atoms with Gasteiger partial charge in [-0.2, -0.15) is 0 Å². The molecule has 2 heteroatoms. The molecular formula is C29H50O2. The van der Waals surface area contributed by atoms with Gasteiger partial charge in [-0.25, -0.2) is 0 Å². The van der Waals surface area contributed by atoms with E-state index in [4.69, 9.17) is 4.74 Å². The number of ether oxygens (including phenoxy) is 1. The number of hydrogen-bond donors (Lipinski definition) is 1. The van der Waals surface area contributed by atoms with Gasteiger partial charge < -0.3 is 9.84 Å². The quantitative estimate of drug-likeness (QED) is 0.451. The highest BCUT2D eigenvalue weighted by molar-refractivity contribution is 5.24. The van der Waals surface area contributed by atoms with Crippen molar-refractivity contribution in [2.75, 3.05) is 0 Å². The molecule has 4 saturated carbocycles. The predicted octanol–water partition coefficient (Wildman–Crippen LogP) is 7.24. The number of hydrogen-bond acceptors (Lipinski definition) is 2. The van der Waals surface area contributed by atoms with Crippen molar-refractivity contribution in [1.29, 1.82) is 0 Å². The maximum Gasteiger partial charge on any atom is 0.103 e. The highest BCUT2D eigenvalue weighted by atomic mass is 16.6. The Kier molecular flexibility index (Phi) is 5.66. The van der Waals surface area contributed by atoms with E-state index >= 15 is 0 Å². The highest BCUT2D eigenvalue weighted by Gasteiger charge is 2.76. The molecule has 5 fully saturated rings. The molecule has 0 aromatic rings. The smallest absolute Gasteiger partial charge is 0.103 e. The molecular weight excluding hydrogens is 380 g/mol. The van der Waals surface area contributed by atoms with Crippen LogP contribution in [0, 0.1) is 52.3 Å². The minimum absolute atomic E-state index is 0.0386. The second-order valence-electron chi connectivity index (χ2n) is 13.6. The Balaban J connectivity index is 1.31. The minimum Gasteiger partial charge on any atom is -0.393 e. The van der Waals surface area contributed by atoms with Crippen LogP contribution in [-0.4, -0.2) is 22.9 Å². The fourth-order valence-electron chi connectivity index (χ4n) is 10.3. The predicted molar refractivity (Wildman–Crippen MR) is 128 cm³/mol. The third-order valence-electron chi connectivity index (χ3n) is 12.3. The first-order valence-corrected chi connectivity index (χ1v) is 14.0. The molecule has 1 spiro atoms. The molecule has 1 saturated heterocycles. The fraction of sp³-hybridized carbons (Fsp3) is 1.00. The van der Waals surface area contributed by atoms with Gasteiger partial charge in [0.2, 0.25) is 0 Å². The second kappa shape index (κ2) is 7.72. The van der Waals surface area contributed by atoms with Crippen LogP contribution in [0.3, 0.4) is 0 Å². The number of aliphatic hydroxyl groups is 1. The number of rotatable bonds is 6. The average molecular weight is 431 g/mol. The lowest BCUT2D eigenvalue weighted by atomic mass is 9.44. The normalized spacial score (nSPS) is 52.6. The molecule has 0 unspecified atom stereocenters. The minimum atomic E-state index is -0.127. The van der Waals surface area contributed by atoms with Crippen molar-refractivity contribution in [2.45, 2.75) is 130 Å². The summed E-state index contributed by atoms with van der Waals surface area (Å²) in [4.78, 5) is 0. The van der Waals surface area contributed by atoms with Crippen molar-refractivity contribution in [1.82, 2.24) is 0 Å².